The molecule has 1 fully saturated rings. The number of likely N-dealkylation sites (tertiary alicyclic amines) is 1. The van der Waals surface area contributed by atoms with Crippen molar-refractivity contribution in [2.75, 3.05) is 18.0 Å². The second-order valence-electron chi connectivity index (χ2n) is 10.2. The maximum atomic E-state index is 13.5. The smallest absolute Gasteiger partial charge is 0.414 e. The number of aryl methyl sites for hydroxylation is 1. The van der Waals surface area contributed by atoms with Gasteiger partial charge in [0.05, 0.1) is 11.2 Å². The van der Waals surface area contributed by atoms with Crippen LogP contribution in [0.4, 0.5) is 10.5 Å². The van der Waals surface area contributed by atoms with Crippen LogP contribution in [0.1, 0.15) is 50.7 Å². The van der Waals surface area contributed by atoms with Gasteiger partial charge in [-0.25, -0.2) is 4.79 Å². The van der Waals surface area contributed by atoms with Gasteiger partial charge in [-0.15, -0.1) is 0 Å². The van der Waals surface area contributed by atoms with Gasteiger partial charge in [-0.2, -0.15) is 0 Å². The van der Waals surface area contributed by atoms with Gasteiger partial charge in [0, 0.05) is 24.7 Å². The highest BCUT2D eigenvalue weighted by molar-refractivity contribution is 5.92. The van der Waals surface area contributed by atoms with Crippen LogP contribution in [0, 0.1) is 0 Å². The average molecular weight is 493 g/mol. The highest BCUT2D eigenvalue weighted by Crippen LogP contribution is 2.32. The molecule has 1 saturated heterocycles. The lowest BCUT2D eigenvalue weighted by Gasteiger charge is -2.41. The van der Waals surface area contributed by atoms with Gasteiger partial charge in [-0.05, 0) is 57.6 Å². The van der Waals surface area contributed by atoms with E-state index in [2.05, 4.69) is 17.4 Å². The summed E-state index contributed by atoms with van der Waals surface area (Å²) in [4.78, 5) is 42.3. The fourth-order valence-electron chi connectivity index (χ4n) is 4.84. The fourth-order valence-corrected chi connectivity index (χ4v) is 4.84. The number of cyclic esters (lactones) is 1. The SMILES string of the molecule is CC(C)(N)C(=O)N[C@H](CCCc1ccccc1)C(=O)N1CCC(N2C(=O)OCc3ccccc32)CC1. The molecule has 0 spiro atoms. The minimum Gasteiger partial charge on any atom is -0.444 e. The lowest BCUT2D eigenvalue weighted by atomic mass is 9.98. The molecule has 3 N–H and O–H groups in total. The Morgan fingerprint density at radius 2 is 1.75 bits per heavy atom. The number of ether oxygens (including phenoxy) is 1. The molecule has 8 heteroatoms. The van der Waals surface area contributed by atoms with E-state index in [1.54, 1.807) is 23.6 Å². The third kappa shape index (κ3) is 6.05. The molecule has 3 amide bonds. The standard InChI is InChI=1S/C28H36N4O4/c1-28(2,29)26(34)30-23(13-8-11-20-9-4-3-5-10-20)25(33)31-17-15-22(16-18-31)32-24-14-7-6-12-21(24)19-36-27(32)35/h3-7,9-10,12,14,22-23H,8,11,13,15-19,29H2,1-2H3,(H,30,34)/t23-/m1/s1. The van der Waals surface area contributed by atoms with E-state index >= 15 is 0 Å². The molecule has 2 aliphatic heterocycles. The van der Waals surface area contributed by atoms with E-state index < -0.39 is 11.6 Å². The Bertz CT molecular complexity index is 1070. The zero-order valence-corrected chi connectivity index (χ0v) is 21.1. The van der Waals surface area contributed by atoms with Crippen LogP contribution in [0.5, 0.6) is 0 Å². The van der Waals surface area contributed by atoms with E-state index in [1.807, 2.05) is 42.5 Å². The van der Waals surface area contributed by atoms with E-state index in [4.69, 9.17) is 10.5 Å². The van der Waals surface area contributed by atoms with Crippen LogP contribution in [0.3, 0.4) is 0 Å². The van der Waals surface area contributed by atoms with Crippen LogP contribution in [0.2, 0.25) is 0 Å². The highest BCUT2D eigenvalue weighted by Gasteiger charge is 2.37. The average Bonchev–Trinajstić information content (AvgIpc) is 2.88. The predicted molar refractivity (Wildman–Crippen MR) is 138 cm³/mol. The van der Waals surface area contributed by atoms with Gasteiger partial charge >= 0.3 is 6.09 Å². The van der Waals surface area contributed by atoms with Crippen LogP contribution >= 0.6 is 0 Å². The molecule has 192 valence electrons. The van der Waals surface area contributed by atoms with Crippen molar-refractivity contribution in [3.05, 3.63) is 65.7 Å². The number of para-hydroxylation sites is 1. The van der Waals surface area contributed by atoms with E-state index in [-0.39, 0.29) is 30.6 Å². The molecule has 0 saturated carbocycles. The first-order chi connectivity index (χ1) is 17.2. The Kier molecular flexibility index (Phi) is 7.94. The van der Waals surface area contributed by atoms with Crippen LogP contribution in [0.25, 0.3) is 0 Å². The summed E-state index contributed by atoms with van der Waals surface area (Å²) in [5, 5.41) is 2.90. The Morgan fingerprint density at radius 1 is 1.08 bits per heavy atom. The summed E-state index contributed by atoms with van der Waals surface area (Å²) in [6, 6.07) is 17.2. The summed E-state index contributed by atoms with van der Waals surface area (Å²) in [5.74, 6) is -0.441. The van der Waals surface area contributed by atoms with Crippen LogP contribution in [-0.2, 0) is 27.4 Å². The van der Waals surface area contributed by atoms with Crippen molar-refractivity contribution >= 4 is 23.6 Å². The lowest BCUT2D eigenvalue weighted by molar-refractivity contribution is -0.138. The maximum Gasteiger partial charge on any atom is 0.414 e. The summed E-state index contributed by atoms with van der Waals surface area (Å²) in [5.41, 5.74) is 7.98. The molecule has 4 rings (SSSR count). The second-order valence-corrected chi connectivity index (χ2v) is 10.2. The number of nitrogens with one attached hydrogen (secondary N) is 1. The molecule has 1 atom stereocenters. The van der Waals surface area contributed by atoms with Gasteiger partial charge in [-0.1, -0.05) is 48.5 Å². The molecule has 0 radical (unpaired) electrons. The number of piperidine rings is 1. The molecule has 0 unspecified atom stereocenters. The Morgan fingerprint density at radius 3 is 2.44 bits per heavy atom. The van der Waals surface area contributed by atoms with Crippen LogP contribution in [-0.4, -0.2) is 53.5 Å². The van der Waals surface area contributed by atoms with Gasteiger partial charge in [0.25, 0.3) is 0 Å². The minimum absolute atomic E-state index is 0.0444. The fraction of sp³-hybridized carbons (Fsp3) is 0.464. The van der Waals surface area contributed by atoms with Crippen molar-refractivity contribution in [3.8, 4) is 0 Å². The number of hydrogen-bond donors (Lipinski definition) is 2. The van der Waals surface area contributed by atoms with E-state index in [0.29, 0.717) is 32.4 Å². The quantitative estimate of drug-likeness (QED) is 0.588. The molecule has 0 aromatic heterocycles. The first-order valence-corrected chi connectivity index (χ1v) is 12.7. The summed E-state index contributed by atoms with van der Waals surface area (Å²) >= 11 is 0. The minimum atomic E-state index is -1.08. The first-order valence-electron chi connectivity index (χ1n) is 12.7. The number of carbonyl (C=O) groups is 3. The lowest BCUT2D eigenvalue weighted by Crippen LogP contribution is -2.58. The first kappa shape index (κ1) is 25.7. The summed E-state index contributed by atoms with van der Waals surface area (Å²) in [7, 11) is 0. The van der Waals surface area contributed by atoms with E-state index in [9.17, 15) is 14.4 Å². The number of amides is 3. The summed E-state index contributed by atoms with van der Waals surface area (Å²) in [6.07, 6.45) is 3.06. The number of nitrogens with two attached hydrogens (primary N) is 1. The van der Waals surface area contributed by atoms with Gasteiger partial charge in [0.15, 0.2) is 0 Å². The van der Waals surface area contributed by atoms with Crippen LogP contribution < -0.4 is 16.0 Å². The highest BCUT2D eigenvalue weighted by atomic mass is 16.6. The Balaban J connectivity index is 1.40. The molecule has 2 aliphatic rings. The van der Waals surface area contributed by atoms with Crippen molar-refractivity contribution < 1.29 is 19.1 Å². The summed E-state index contributed by atoms with van der Waals surface area (Å²) < 4.78 is 5.39. The van der Waals surface area contributed by atoms with Crippen molar-refractivity contribution in [2.24, 2.45) is 5.73 Å². The van der Waals surface area contributed by atoms with Crippen molar-refractivity contribution in [2.45, 2.75) is 70.2 Å². The van der Waals surface area contributed by atoms with Gasteiger partial charge in [-0.3, -0.25) is 14.5 Å². The molecule has 0 bridgehead atoms. The predicted octanol–water partition coefficient (Wildman–Crippen LogP) is 3.38. The molecular formula is C28H36N4O4. The topological polar surface area (TPSA) is 105 Å². The number of hydrogen-bond acceptors (Lipinski definition) is 5. The van der Waals surface area contributed by atoms with Gasteiger partial charge in [0.1, 0.15) is 12.6 Å². The third-order valence-corrected chi connectivity index (χ3v) is 6.93. The van der Waals surface area contributed by atoms with Gasteiger partial charge < -0.3 is 20.7 Å². The van der Waals surface area contributed by atoms with E-state index in [1.165, 1.54) is 5.56 Å². The summed E-state index contributed by atoms with van der Waals surface area (Å²) in [6.45, 7) is 4.56. The number of benzene rings is 2. The number of nitrogens with zero attached hydrogens (tertiary/aromatic N) is 2. The zero-order valence-electron chi connectivity index (χ0n) is 21.1. The monoisotopic (exact) mass is 492 g/mol. The molecular weight excluding hydrogens is 456 g/mol. The zero-order chi connectivity index (χ0) is 25.7. The largest absolute Gasteiger partial charge is 0.444 e. The number of rotatable bonds is 8. The second kappa shape index (κ2) is 11.1. The Labute approximate surface area is 212 Å². The molecule has 2 aromatic rings. The molecule has 0 aliphatic carbocycles. The molecule has 36 heavy (non-hydrogen) atoms. The van der Waals surface area contributed by atoms with Gasteiger partial charge in [0.2, 0.25) is 11.8 Å². The van der Waals surface area contributed by atoms with Crippen molar-refractivity contribution in [3.63, 3.8) is 0 Å². The maximum absolute atomic E-state index is 13.5. The normalized spacial score (nSPS) is 17.2. The number of carbonyl (C=O) groups excluding carboxylic acids is 3. The third-order valence-electron chi connectivity index (χ3n) is 6.93. The van der Waals surface area contributed by atoms with E-state index in [0.717, 1.165) is 24.1 Å². The molecule has 2 aromatic carbocycles. The Hall–Kier alpha value is -3.39. The van der Waals surface area contributed by atoms with Crippen molar-refractivity contribution in [1.82, 2.24) is 10.2 Å². The van der Waals surface area contributed by atoms with Crippen LogP contribution in [0.15, 0.2) is 54.6 Å². The number of fused-ring (bicyclic) bond motifs is 1. The molecule has 8 nitrogen and oxygen atoms in total. The van der Waals surface area contributed by atoms with Crippen molar-refractivity contribution in [1.29, 1.82) is 0 Å². The molecule has 2 heterocycles. The number of anilines is 1.